The van der Waals surface area contributed by atoms with Crippen LogP contribution in [0.15, 0.2) is 36.7 Å². The van der Waals surface area contributed by atoms with Crippen molar-refractivity contribution in [3.8, 4) is 0 Å². The number of aromatic nitrogens is 2. The van der Waals surface area contributed by atoms with Crippen LogP contribution in [0.4, 0.5) is 0 Å². The number of hydrogen-bond donors (Lipinski definition) is 2. The molecule has 0 atom stereocenters. The van der Waals surface area contributed by atoms with Gasteiger partial charge >= 0.3 is 0 Å². The summed E-state index contributed by atoms with van der Waals surface area (Å²) in [5.41, 5.74) is 0. The fourth-order valence-electron chi connectivity index (χ4n) is 2.83. The van der Waals surface area contributed by atoms with Crippen LogP contribution in [0.25, 0.3) is 0 Å². The van der Waals surface area contributed by atoms with E-state index in [1.165, 1.54) is 10.6 Å². The lowest BCUT2D eigenvalue weighted by atomic mass is 10.7. The minimum atomic E-state index is -1.44. The van der Waals surface area contributed by atoms with Crippen molar-refractivity contribution in [2.75, 3.05) is 0 Å². The Hall–Kier alpha value is -1.01. The maximum atomic E-state index is 3.45. The van der Waals surface area contributed by atoms with Gasteiger partial charge in [-0.2, -0.15) is 0 Å². The van der Waals surface area contributed by atoms with Gasteiger partial charge in [0.2, 0.25) is 0 Å². The second kappa shape index (κ2) is 4.59. The summed E-state index contributed by atoms with van der Waals surface area (Å²) < 4.78 is 0. The molecule has 2 rings (SSSR count). The van der Waals surface area contributed by atoms with Crippen molar-refractivity contribution in [3.63, 3.8) is 0 Å². The van der Waals surface area contributed by atoms with Gasteiger partial charge in [-0.05, 0) is 40.1 Å². The van der Waals surface area contributed by atoms with E-state index in [0.29, 0.717) is 0 Å². The highest BCUT2D eigenvalue weighted by Crippen LogP contribution is 2.30. The Kier molecular flexibility index (Phi) is 3.42. The fourth-order valence-corrected chi connectivity index (χ4v) is 13.9. The van der Waals surface area contributed by atoms with Gasteiger partial charge in [-0.3, -0.25) is 0 Å². The number of nitrogens with one attached hydrogen (secondary N) is 2. The molecule has 2 aromatic heterocycles. The predicted octanol–water partition coefficient (Wildman–Crippen LogP) is 2.80. The molecule has 2 heterocycles. The van der Waals surface area contributed by atoms with Crippen LogP contribution in [0, 0.1) is 0 Å². The van der Waals surface area contributed by atoms with Gasteiger partial charge in [-0.25, -0.2) is 0 Å². The molecule has 0 aromatic carbocycles. The van der Waals surface area contributed by atoms with Crippen LogP contribution in [0.5, 0.6) is 0 Å². The summed E-state index contributed by atoms with van der Waals surface area (Å²) in [6, 6.07) is 8.78. The van der Waals surface area contributed by atoms with E-state index in [4.69, 9.17) is 0 Å². The molecule has 4 heteroatoms. The Morgan fingerprint density at radius 2 is 1.22 bits per heavy atom. The van der Waals surface area contributed by atoms with Gasteiger partial charge in [0.25, 0.3) is 0 Å². The summed E-state index contributed by atoms with van der Waals surface area (Å²) in [6.07, 6.45) is 4.11. The molecule has 2 N–H and O–H groups in total. The molecule has 0 bridgehead atoms. The van der Waals surface area contributed by atoms with E-state index < -0.39 is 16.1 Å². The summed E-state index contributed by atoms with van der Waals surface area (Å²) in [5, 5.41) is 3.73. The van der Waals surface area contributed by atoms with E-state index in [0.717, 1.165) is 5.16 Å². The van der Waals surface area contributed by atoms with Crippen molar-refractivity contribution in [1.82, 2.24) is 9.97 Å². The molecule has 2 nitrogen and oxygen atoms in total. The summed E-state index contributed by atoms with van der Waals surface area (Å²) in [4.78, 5) is 6.90. The van der Waals surface area contributed by atoms with Crippen LogP contribution in [0.3, 0.4) is 0 Å². The Labute approximate surface area is 112 Å². The lowest BCUT2D eigenvalue weighted by Gasteiger charge is -2.39. The molecule has 0 saturated heterocycles. The van der Waals surface area contributed by atoms with Crippen molar-refractivity contribution in [1.29, 1.82) is 0 Å². The highest BCUT2D eigenvalue weighted by Gasteiger charge is 2.43. The van der Waals surface area contributed by atoms with E-state index in [-0.39, 0.29) is 0 Å². The highest BCUT2D eigenvalue weighted by atomic mass is 28.4. The largest absolute Gasteiger partial charge is 0.369 e. The normalized spacial score (nSPS) is 13.2. The maximum absolute atomic E-state index is 3.45. The third-order valence-electron chi connectivity index (χ3n) is 4.75. The minimum Gasteiger partial charge on any atom is -0.369 e. The van der Waals surface area contributed by atoms with Crippen LogP contribution < -0.4 is 10.6 Å². The minimum absolute atomic E-state index is 0.780. The molecule has 2 aromatic rings. The van der Waals surface area contributed by atoms with Gasteiger partial charge in [-0.1, -0.05) is 33.1 Å². The number of hydrogen-bond acceptors (Lipinski definition) is 0. The SMILES string of the molecule is CC([Si](C)(C)c1ccc[nH]1)[Si](C)(C)c1ccc[nH]1. The Morgan fingerprint density at radius 3 is 1.50 bits per heavy atom. The second-order valence-electron chi connectivity index (χ2n) is 6.33. The average Bonchev–Trinajstić information content (AvgIpc) is 3.00. The second-order valence-corrected chi connectivity index (χ2v) is 16.6. The van der Waals surface area contributed by atoms with E-state index in [1.807, 2.05) is 0 Å². The summed E-state index contributed by atoms with van der Waals surface area (Å²) >= 11 is 0. The number of rotatable bonds is 4. The van der Waals surface area contributed by atoms with Crippen LogP contribution in [0.2, 0.25) is 31.4 Å². The van der Waals surface area contributed by atoms with Crippen molar-refractivity contribution >= 4 is 26.8 Å². The maximum Gasteiger partial charge on any atom is 0.102 e. The standard InChI is InChI=1S/C14H24N2Si2/c1-12(17(2,3)13-8-6-10-15-13)18(4,5)14-9-7-11-16-14/h6-12,15-16H,1-5H3. The van der Waals surface area contributed by atoms with Crippen molar-refractivity contribution in [2.24, 2.45) is 0 Å². The molecule has 0 aliphatic rings. The quantitative estimate of drug-likeness (QED) is 0.805. The molecule has 0 radical (unpaired) electrons. The molecular formula is C14H24N2Si2. The first-order valence-corrected chi connectivity index (χ1v) is 12.8. The van der Waals surface area contributed by atoms with Gasteiger partial charge in [0.1, 0.15) is 16.1 Å². The predicted molar refractivity (Wildman–Crippen MR) is 85.2 cm³/mol. The Balaban J connectivity index is 2.34. The zero-order valence-corrected chi connectivity index (χ0v) is 14.0. The summed E-state index contributed by atoms with van der Waals surface area (Å²) in [5.74, 6) is 0. The molecule has 18 heavy (non-hydrogen) atoms. The van der Waals surface area contributed by atoms with Crippen molar-refractivity contribution in [3.05, 3.63) is 36.7 Å². The molecule has 0 saturated carbocycles. The van der Waals surface area contributed by atoms with Crippen molar-refractivity contribution in [2.45, 2.75) is 38.3 Å². The first kappa shape index (κ1) is 13.4. The number of H-pyrrole nitrogens is 2. The zero-order chi connectivity index (χ0) is 13.4. The van der Waals surface area contributed by atoms with Gasteiger partial charge in [0.15, 0.2) is 0 Å². The monoisotopic (exact) mass is 276 g/mol. The molecule has 0 unspecified atom stereocenters. The average molecular weight is 277 g/mol. The first-order chi connectivity index (χ1) is 8.37. The number of aromatic amines is 2. The highest BCUT2D eigenvalue weighted by molar-refractivity contribution is 7.07. The smallest absolute Gasteiger partial charge is 0.102 e. The van der Waals surface area contributed by atoms with Crippen LogP contribution >= 0.6 is 0 Å². The van der Waals surface area contributed by atoms with Crippen molar-refractivity contribution < 1.29 is 0 Å². The van der Waals surface area contributed by atoms with Gasteiger partial charge in [-0.15, -0.1) is 0 Å². The lowest BCUT2D eigenvalue weighted by Crippen LogP contribution is -2.59. The summed E-state index contributed by atoms with van der Waals surface area (Å²) in [7, 11) is -2.87. The van der Waals surface area contributed by atoms with Crippen LogP contribution in [-0.2, 0) is 0 Å². The van der Waals surface area contributed by atoms with E-state index in [1.54, 1.807) is 0 Å². The molecule has 0 amide bonds. The first-order valence-electron chi connectivity index (χ1n) is 6.64. The molecule has 0 fully saturated rings. The molecular weight excluding hydrogens is 252 g/mol. The molecule has 0 spiro atoms. The third kappa shape index (κ3) is 2.15. The lowest BCUT2D eigenvalue weighted by molar-refractivity contribution is 1.18. The molecule has 0 aliphatic heterocycles. The Bertz CT molecular complexity index is 438. The van der Waals surface area contributed by atoms with E-state index >= 15 is 0 Å². The Morgan fingerprint density at radius 1 is 0.833 bits per heavy atom. The third-order valence-corrected chi connectivity index (χ3v) is 16.8. The topological polar surface area (TPSA) is 31.6 Å². The van der Waals surface area contributed by atoms with E-state index in [2.05, 4.69) is 79.7 Å². The summed E-state index contributed by atoms with van der Waals surface area (Å²) in [6.45, 7) is 12.4. The fraction of sp³-hybridized carbons (Fsp3) is 0.429. The van der Waals surface area contributed by atoms with E-state index in [9.17, 15) is 0 Å². The molecule has 98 valence electrons. The van der Waals surface area contributed by atoms with Gasteiger partial charge in [0.05, 0.1) is 0 Å². The zero-order valence-electron chi connectivity index (χ0n) is 12.0. The van der Waals surface area contributed by atoms with Gasteiger partial charge in [0, 0.05) is 12.4 Å². The molecule has 0 aliphatic carbocycles. The van der Waals surface area contributed by atoms with Crippen LogP contribution in [-0.4, -0.2) is 26.1 Å². The van der Waals surface area contributed by atoms with Crippen LogP contribution in [0.1, 0.15) is 6.92 Å². The van der Waals surface area contributed by atoms with Gasteiger partial charge < -0.3 is 9.97 Å².